The molecule has 1 heterocycles. The molecule has 0 aliphatic heterocycles. The van der Waals surface area contributed by atoms with Crippen molar-refractivity contribution in [1.82, 2.24) is 9.97 Å². The number of hydrogen-bond acceptors (Lipinski definition) is 3. The van der Waals surface area contributed by atoms with E-state index in [2.05, 4.69) is 45.1 Å². The van der Waals surface area contributed by atoms with Crippen molar-refractivity contribution in [2.75, 3.05) is 11.9 Å². The molecule has 1 rings (SSSR count). The van der Waals surface area contributed by atoms with Crippen molar-refractivity contribution >= 4 is 21.7 Å². The first-order valence-electron chi connectivity index (χ1n) is 5.53. The number of aromatic nitrogens is 2. The van der Waals surface area contributed by atoms with Crippen molar-refractivity contribution in [3.05, 3.63) is 16.5 Å². The zero-order valence-corrected chi connectivity index (χ0v) is 11.0. The summed E-state index contributed by atoms with van der Waals surface area (Å²) in [6.07, 6.45) is 6.34. The second-order valence-corrected chi connectivity index (χ2v) is 4.29. The molecule has 0 aliphatic rings. The van der Waals surface area contributed by atoms with Crippen LogP contribution in [-0.2, 0) is 6.42 Å². The standard InChI is InChI=1S/C11H18BrN3/c1-3-5-6-7-13-11-9(4-2)15-10(12)8-14-11/h8H,3-7H2,1-2H3,(H,13,14). The fraction of sp³-hybridized carbons (Fsp3) is 0.636. The Balaban J connectivity index is 2.52. The van der Waals surface area contributed by atoms with Gasteiger partial charge in [0, 0.05) is 6.54 Å². The Kier molecular flexibility index (Phi) is 5.61. The normalized spacial score (nSPS) is 10.3. The Bertz CT molecular complexity index is 302. The summed E-state index contributed by atoms with van der Waals surface area (Å²) in [5.74, 6) is 0.928. The van der Waals surface area contributed by atoms with Gasteiger partial charge in [0.05, 0.1) is 11.9 Å². The first kappa shape index (κ1) is 12.4. The molecule has 0 spiro atoms. The van der Waals surface area contributed by atoms with Crippen molar-refractivity contribution in [2.24, 2.45) is 0 Å². The van der Waals surface area contributed by atoms with E-state index in [-0.39, 0.29) is 0 Å². The zero-order valence-electron chi connectivity index (χ0n) is 9.39. The number of unbranched alkanes of at least 4 members (excludes halogenated alkanes) is 2. The Hall–Kier alpha value is -0.640. The van der Waals surface area contributed by atoms with Gasteiger partial charge >= 0.3 is 0 Å². The van der Waals surface area contributed by atoms with Crippen LogP contribution in [0.15, 0.2) is 10.8 Å². The third-order valence-electron chi connectivity index (χ3n) is 2.22. The molecule has 84 valence electrons. The molecule has 4 heteroatoms. The second-order valence-electron chi connectivity index (χ2n) is 3.48. The lowest BCUT2D eigenvalue weighted by atomic mass is 10.2. The number of rotatable bonds is 6. The third kappa shape index (κ3) is 4.16. The Morgan fingerprint density at radius 3 is 2.80 bits per heavy atom. The number of nitrogens with zero attached hydrogens (tertiary/aromatic N) is 2. The smallest absolute Gasteiger partial charge is 0.147 e. The van der Waals surface area contributed by atoms with Gasteiger partial charge in [-0.3, -0.25) is 0 Å². The lowest BCUT2D eigenvalue weighted by molar-refractivity contribution is 0.740. The number of hydrogen-bond donors (Lipinski definition) is 1. The molecule has 0 saturated heterocycles. The SMILES string of the molecule is CCCCCNc1ncc(Br)nc1CC. The summed E-state index contributed by atoms with van der Waals surface area (Å²) in [5, 5.41) is 3.33. The molecule has 0 atom stereocenters. The van der Waals surface area contributed by atoms with E-state index in [1.165, 1.54) is 19.3 Å². The van der Waals surface area contributed by atoms with Crippen molar-refractivity contribution in [3.8, 4) is 0 Å². The molecule has 0 aliphatic carbocycles. The average Bonchev–Trinajstić information content (AvgIpc) is 2.26. The number of aryl methyl sites for hydroxylation is 1. The lowest BCUT2D eigenvalue weighted by Crippen LogP contribution is -2.07. The van der Waals surface area contributed by atoms with Crippen LogP contribution >= 0.6 is 15.9 Å². The highest BCUT2D eigenvalue weighted by atomic mass is 79.9. The molecule has 0 aromatic carbocycles. The summed E-state index contributed by atoms with van der Waals surface area (Å²) in [7, 11) is 0. The van der Waals surface area contributed by atoms with E-state index in [0.29, 0.717) is 0 Å². The first-order valence-corrected chi connectivity index (χ1v) is 6.32. The highest BCUT2D eigenvalue weighted by Gasteiger charge is 2.03. The maximum atomic E-state index is 4.38. The van der Waals surface area contributed by atoms with E-state index in [1.807, 2.05) is 0 Å². The van der Waals surface area contributed by atoms with Crippen molar-refractivity contribution in [2.45, 2.75) is 39.5 Å². The summed E-state index contributed by atoms with van der Waals surface area (Å²) in [6, 6.07) is 0. The van der Waals surface area contributed by atoms with Crippen LogP contribution < -0.4 is 5.32 Å². The molecule has 0 bridgehead atoms. The number of halogens is 1. The van der Waals surface area contributed by atoms with Crippen molar-refractivity contribution in [1.29, 1.82) is 0 Å². The van der Waals surface area contributed by atoms with Crippen LogP contribution in [0.2, 0.25) is 0 Å². The zero-order chi connectivity index (χ0) is 11.1. The Morgan fingerprint density at radius 1 is 1.33 bits per heavy atom. The fourth-order valence-corrected chi connectivity index (χ4v) is 1.70. The first-order chi connectivity index (χ1) is 7.27. The van der Waals surface area contributed by atoms with Gasteiger partial charge in [0.25, 0.3) is 0 Å². The van der Waals surface area contributed by atoms with Crippen LogP contribution in [0.25, 0.3) is 0 Å². The molecule has 15 heavy (non-hydrogen) atoms. The van der Waals surface area contributed by atoms with Crippen LogP contribution in [0.1, 0.15) is 38.8 Å². The maximum absolute atomic E-state index is 4.38. The van der Waals surface area contributed by atoms with Crippen LogP contribution in [-0.4, -0.2) is 16.5 Å². The summed E-state index contributed by atoms with van der Waals surface area (Å²) >= 11 is 3.33. The summed E-state index contributed by atoms with van der Waals surface area (Å²) in [5.41, 5.74) is 1.03. The lowest BCUT2D eigenvalue weighted by Gasteiger charge is -2.08. The van der Waals surface area contributed by atoms with Gasteiger partial charge in [-0.25, -0.2) is 9.97 Å². The molecule has 1 N–H and O–H groups in total. The van der Waals surface area contributed by atoms with Crippen LogP contribution in [0.5, 0.6) is 0 Å². The fourth-order valence-electron chi connectivity index (χ4n) is 1.38. The molecule has 0 fully saturated rings. The minimum atomic E-state index is 0.804. The van der Waals surface area contributed by atoms with E-state index < -0.39 is 0 Å². The predicted molar refractivity (Wildman–Crippen MR) is 67.1 cm³/mol. The molecule has 0 radical (unpaired) electrons. The molecule has 0 unspecified atom stereocenters. The Morgan fingerprint density at radius 2 is 2.13 bits per heavy atom. The highest BCUT2D eigenvalue weighted by molar-refractivity contribution is 9.10. The largest absolute Gasteiger partial charge is 0.369 e. The van der Waals surface area contributed by atoms with E-state index in [1.54, 1.807) is 6.20 Å². The van der Waals surface area contributed by atoms with Gasteiger partial charge in [-0.2, -0.15) is 0 Å². The number of nitrogens with one attached hydrogen (secondary N) is 1. The molecule has 1 aromatic rings. The van der Waals surface area contributed by atoms with Gasteiger partial charge in [0.15, 0.2) is 0 Å². The quantitative estimate of drug-likeness (QED) is 0.806. The summed E-state index contributed by atoms with van der Waals surface area (Å²) in [4.78, 5) is 8.71. The van der Waals surface area contributed by atoms with Gasteiger partial charge in [0.2, 0.25) is 0 Å². The second kappa shape index (κ2) is 6.77. The molecule has 3 nitrogen and oxygen atoms in total. The van der Waals surface area contributed by atoms with E-state index in [9.17, 15) is 0 Å². The van der Waals surface area contributed by atoms with Crippen LogP contribution in [0.3, 0.4) is 0 Å². The van der Waals surface area contributed by atoms with Gasteiger partial charge in [-0.15, -0.1) is 0 Å². The monoisotopic (exact) mass is 271 g/mol. The molecule has 0 amide bonds. The van der Waals surface area contributed by atoms with Gasteiger partial charge in [-0.05, 0) is 28.8 Å². The maximum Gasteiger partial charge on any atom is 0.147 e. The van der Waals surface area contributed by atoms with Gasteiger partial charge < -0.3 is 5.32 Å². The molecular formula is C11H18BrN3. The summed E-state index contributed by atoms with van der Waals surface area (Å²) < 4.78 is 0.804. The van der Waals surface area contributed by atoms with Gasteiger partial charge in [0.1, 0.15) is 10.4 Å². The van der Waals surface area contributed by atoms with E-state index >= 15 is 0 Å². The predicted octanol–water partition coefficient (Wildman–Crippen LogP) is 3.40. The van der Waals surface area contributed by atoms with Crippen LogP contribution in [0, 0.1) is 0 Å². The van der Waals surface area contributed by atoms with E-state index in [4.69, 9.17) is 0 Å². The molecule has 0 saturated carbocycles. The van der Waals surface area contributed by atoms with Crippen LogP contribution in [0.4, 0.5) is 5.82 Å². The topological polar surface area (TPSA) is 37.8 Å². The third-order valence-corrected chi connectivity index (χ3v) is 2.61. The average molecular weight is 272 g/mol. The molecular weight excluding hydrogens is 254 g/mol. The Labute approximate surface area is 99.8 Å². The van der Waals surface area contributed by atoms with Crippen molar-refractivity contribution in [3.63, 3.8) is 0 Å². The summed E-state index contributed by atoms with van der Waals surface area (Å²) in [6.45, 7) is 5.28. The number of anilines is 1. The minimum Gasteiger partial charge on any atom is -0.369 e. The van der Waals surface area contributed by atoms with Crippen molar-refractivity contribution < 1.29 is 0 Å². The highest BCUT2D eigenvalue weighted by Crippen LogP contribution is 2.14. The van der Waals surface area contributed by atoms with E-state index in [0.717, 1.165) is 29.1 Å². The minimum absolute atomic E-state index is 0.804. The van der Waals surface area contributed by atoms with Gasteiger partial charge in [-0.1, -0.05) is 26.7 Å². The molecule has 1 aromatic heterocycles.